The van der Waals surface area contributed by atoms with Crippen LogP contribution < -0.4 is 0 Å². The minimum Gasteiger partial charge on any atom is -0.481 e. The number of benzene rings is 1. The maximum Gasteiger partial charge on any atom is 0.305 e. The second kappa shape index (κ2) is 7.26. The summed E-state index contributed by atoms with van der Waals surface area (Å²) >= 11 is 1.06. The fourth-order valence-corrected chi connectivity index (χ4v) is 3.72. The van der Waals surface area contributed by atoms with Crippen LogP contribution in [0.1, 0.15) is 36.9 Å². The predicted molar refractivity (Wildman–Crippen MR) is 97.4 cm³/mol. The van der Waals surface area contributed by atoms with Gasteiger partial charge in [0.05, 0.1) is 21.3 Å². The van der Waals surface area contributed by atoms with Crippen LogP contribution in [0.2, 0.25) is 0 Å². The van der Waals surface area contributed by atoms with Crippen molar-refractivity contribution < 1.29 is 23.1 Å². The Morgan fingerprint density at radius 2 is 1.89 bits per heavy atom. The van der Waals surface area contributed by atoms with Crippen LogP contribution in [0.25, 0.3) is 21.5 Å². The molecule has 0 unspecified atom stereocenters. The van der Waals surface area contributed by atoms with Gasteiger partial charge in [0.1, 0.15) is 11.3 Å². The molecule has 0 spiro atoms. The zero-order chi connectivity index (χ0) is 19.9. The molecule has 1 aromatic heterocycles. The lowest BCUT2D eigenvalue weighted by Crippen LogP contribution is -2.12. The largest absolute Gasteiger partial charge is 0.481 e. The third-order valence-corrected chi connectivity index (χ3v) is 5.35. The van der Waals surface area contributed by atoms with E-state index in [0.717, 1.165) is 29.0 Å². The number of pyridine rings is 1. The molecular formula is C19H17F3N2O2S. The first-order valence-corrected chi connectivity index (χ1v) is 9.23. The average Bonchev–Trinajstić information content (AvgIpc) is 3.01. The number of hydrogen-bond donors (Lipinski definition) is 1. The van der Waals surface area contributed by atoms with Gasteiger partial charge in [0.15, 0.2) is 11.6 Å². The third kappa shape index (κ3) is 3.41. The van der Waals surface area contributed by atoms with E-state index in [1.54, 1.807) is 13.8 Å². The van der Waals surface area contributed by atoms with Crippen molar-refractivity contribution in [3.05, 3.63) is 45.8 Å². The van der Waals surface area contributed by atoms with Crippen LogP contribution in [-0.2, 0) is 17.6 Å². The Bertz CT molecular complexity index is 1050. The summed E-state index contributed by atoms with van der Waals surface area (Å²) in [5.41, 5.74) is 4.23. The van der Waals surface area contributed by atoms with Gasteiger partial charge in [0.2, 0.25) is 0 Å². The monoisotopic (exact) mass is 394 g/mol. The van der Waals surface area contributed by atoms with E-state index in [4.69, 9.17) is 5.11 Å². The van der Waals surface area contributed by atoms with Crippen LogP contribution in [0.5, 0.6) is 0 Å². The van der Waals surface area contributed by atoms with E-state index in [0.29, 0.717) is 17.5 Å². The highest BCUT2D eigenvalue weighted by molar-refractivity contribution is 7.18. The lowest BCUT2D eigenvalue weighted by molar-refractivity contribution is -0.140. The maximum atomic E-state index is 13.7. The van der Waals surface area contributed by atoms with Crippen molar-refractivity contribution in [3.63, 3.8) is 0 Å². The smallest absolute Gasteiger partial charge is 0.305 e. The summed E-state index contributed by atoms with van der Waals surface area (Å²) in [4.78, 5) is 17.9. The molecule has 8 heteroatoms. The van der Waals surface area contributed by atoms with Crippen molar-refractivity contribution in [2.45, 2.75) is 33.6 Å². The standard InChI is InChI=1S/C15H9F3N2S.C4H8O2/c1-2-6-7(13-8(6)5-19-13)3-11-20-14-12(18)9(16)4-10(17)15(14)21-11;1-3(2)4(5)6/h4-5H,2-3H2,1H3;3H,1-2H3,(H,5,6). The van der Waals surface area contributed by atoms with Gasteiger partial charge in [-0.05, 0) is 17.5 Å². The van der Waals surface area contributed by atoms with E-state index in [-0.39, 0.29) is 16.1 Å². The number of thiazole rings is 1. The number of aromatic nitrogens is 2. The molecule has 0 bridgehead atoms. The van der Waals surface area contributed by atoms with Crippen molar-refractivity contribution in [2.75, 3.05) is 0 Å². The topological polar surface area (TPSA) is 63.1 Å². The molecule has 27 heavy (non-hydrogen) atoms. The molecule has 4 rings (SSSR count). The highest BCUT2D eigenvalue weighted by Crippen LogP contribution is 2.42. The molecule has 0 saturated carbocycles. The van der Waals surface area contributed by atoms with Gasteiger partial charge in [-0.2, -0.15) is 0 Å². The number of rotatable bonds is 4. The molecule has 1 aromatic carbocycles. The highest BCUT2D eigenvalue weighted by Gasteiger charge is 2.27. The van der Waals surface area contributed by atoms with E-state index in [1.165, 1.54) is 11.1 Å². The SMILES string of the molecule is CC(C)C(=O)O.CCc1c2cnc-2c1Cc1nc2c(F)c(F)cc(F)c2s1. The van der Waals surface area contributed by atoms with Crippen LogP contribution in [-0.4, -0.2) is 21.0 Å². The zero-order valence-corrected chi connectivity index (χ0v) is 15.8. The van der Waals surface area contributed by atoms with Crippen LogP contribution >= 0.6 is 11.3 Å². The fraction of sp³-hybridized carbons (Fsp3) is 0.316. The first kappa shape index (κ1) is 19.3. The molecule has 2 heterocycles. The maximum absolute atomic E-state index is 13.7. The Morgan fingerprint density at radius 3 is 2.41 bits per heavy atom. The van der Waals surface area contributed by atoms with Crippen molar-refractivity contribution in [2.24, 2.45) is 5.92 Å². The van der Waals surface area contributed by atoms with E-state index in [1.807, 2.05) is 6.20 Å². The average molecular weight is 394 g/mol. The summed E-state index contributed by atoms with van der Waals surface area (Å²) in [6.45, 7) is 5.34. The summed E-state index contributed by atoms with van der Waals surface area (Å²) in [5, 5.41) is 8.56. The first-order valence-electron chi connectivity index (χ1n) is 8.41. The molecule has 1 aliphatic heterocycles. The van der Waals surface area contributed by atoms with Crippen molar-refractivity contribution in [1.29, 1.82) is 0 Å². The Balaban J connectivity index is 0.000000307. The number of carbonyl (C=O) groups is 1. The minimum atomic E-state index is -1.21. The van der Waals surface area contributed by atoms with Gasteiger partial charge in [-0.3, -0.25) is 9.78 Å². The van der Waals surface area contributed by atoms with Crippen molar-refractivity contribution >= 4 is 27.5 Å². The first-order chi connectivity index (χ1) is 12.7. The minimum absolute atomic E-state index is 0.0631. The Hall–Kier alpha value is -2.48. The zero-order valence-electron chi connectivity index (χ0n) is 14.9. The molecule has 0 radical (unpaired) electrons. The Morgan fingerprint density at radius 1 is 1.22 bits per heavy atom. The van der Waals surface area contributed by atoms with E-state index in [2.05, 4.69) is 16.9 Å². The fourth-order valence-electron chi connectivity index (χ4n) is 2.75. The predicted octanol–water partition coefficient (Wildman–Crippen LogP) is 4.97. The van der Waals surface area contributed by atoms with Gasteiger partial charge >= 0.3 is 5.97 Å². The molecule has 4 nitrogen and oxygen atoms in total. The molecule has 0 fully saturated rings. The second-order valence-corrected chi connectivity index (χ2v) is 7.52. The van der Waals surface area contributed by atoms with Gasteiger partial charge in [-0.25, -0.2) is 18.2 Å². The molecule has 142 valence electrons. The number of carboxylic acid groups (broad SMARTS) is 1. The van der Waals surface area contributed by atoms with Gasteiger partial charge in [0, 0.05) is 24.2 Å². The molecular weight excluding hydrogens is 377 g/mol. The summed E-state index contributed by atoms with van der Waals surface area (Å²) < 4.78 is 40.6. The number of fused-ring (bicyclic) bond motifs is 2. The van der Waals surface area contributed by atoms with Gasteiger partial charge in [-0.1, -0.05) is 20.8 Å². The van der Waals surface area contributed by atoms with E-state index >= 15 is 0 Å². The summed E-state index contributed by atoms with van der Waals surface area (Å²) in [5.74, 6) is -4.04. The Labute approximate surface area is 157 Å². The number of nitrogens with zero attached hydrogens (tertiary/aromatic N) is 2. The lowest BCUT2D eigenvalue weighted by atomic mass is 9.83. The summed E-state index contributed by atoms with van der Waals surface area (Å²) in [6.07, 6.45) is 3.20. The molecule has 2 aliphatic rings. The van der Waals surface area contributed by atoms with Crippen LogP contribution in [0.3, 0.4) is 0 Å². The van der Waals surface area contributed by atoms with E-state index < -0.39 is 23.4 Å². The second-order valence-electron chi connectivity index (χ2n) is 6.44. The number of aliphatic carboxylic acids is 1. The van der Waals surface area contributed by atoms with Crippen molar-refractivity contribution in [1.82, 2.24) is 9.97 Å². The molecule has 0 amide bonds. The van der Waals surface area contributed by atoms with Gasteiger partial charge in [-0.15, -0.1) is 11.3 Å². The van der Waals surface area contributed by atoms with E-state index in [9.17, 15) is 18.0 Å². The molecule has 1 aliphatic carbocycles. The lowest BCUT2D eigenvalue weighted by Gasteiger charge is -2.25. The number of carboxylic acids is 1. The number of halogens is 3. The molecule has 0 atom stereocenters. The van der Waals surface area contributed by atoms with Crippen molar-refractivity contribution in [3.8, 4) is 11.3 Å². The highest BCUT2D eigenvalue weighted by atomic mass is 32.1. The van der Waals surface area contributed by atoms with Gasteiger partial charge < -0.3 is 5.11 Å². The summed E-state index contributed by atoms with van der Waals surface area (Å²) in [6, 6.07) is 0.566. The van der Waals surface area contributed by atoms with Crippen LogP contribution in [0.15, 0.2) is 12.3 Å². The Kier molecular flexibility index (Phi) is 5.19. The molecule has 1 N–H and O–H groups in total. The normalized spacial score (nSPS) is 11.5. The molecule has 2 aromatic rings. The van der Waals surface area contributed by atoms with Gasteiger partial charge in [0.25, 0.3) is 0 Å². The summed E-state index contributed by atoms with van der Waals surface area (Å²) in [7, 11) is 0. The molecule has 0 saturated heterocycles. The third-order valence-electron chi connectivity index (χ3n) is 4.29. The van der Waals surface area contributed by atoms with Crippen LogP contribution in [0, 0.1) is 23.4 Å². The van der Waals surface area contributed by atoms with Crippen LogP contribution in [0.4, 0.5) is 13.2 Å². The number of hydrogen-bond acceptors (Lipinski definition) is 4. The quantitative estimate of drug-likeness (QED) is 0.497.